The number of morpholine rings is 1. The van der Waals surface area contributed by atoms with Crippen LogP contribution in [0.1, 0.15) is 27.0 Å². The number of amides is 1. The van der Waals surface area contributed by atoms with Crippen LogP contribution >= 0.6 is 0 Å². The smallest absolute Gasteiger partial charge is 0.249 e. The highest BCUT2D eigenvalue weighted by molar-refractivity contribution is 5.95. The van der Waals surface area contributed by atoms with Crippen LogP contribution < -0.4 is 5.73 Å². The molecule has 0 unspecified atom stereocenters. The van der Waals surface area contributed by atoms with E-state index in [9.17, 15) is 4.79 Å². The van der Waals surface area contributed by atoms with Gasteiger partial charge in [-0.05, 0) is 29.8 Å². The number of ether oxygens (including phenoxy) is 1. The molecule has 0 aromatic heterocycles. The SMILES string of the molecule is NC(=O)c1ccccc1C#Cc1ccc(CN2CCOCC2)cc1. The molecule has 24 heavy (non-hydrogen) atoms. The Morgan fingerprint density at radius 3 is 2.46 bits per heavy atom. The number of carbonyl (C=O) groups excluding carboxylic acids is 1. The van der Waals surface area contributed by atoms with Gasteiger partial charge in [-0.3, -0.25) is 9.69 Å². The summed E-state index contributed by atoms with van der Waals surface area (Å²) in [5, 5.41) is 0. The van der Waals surface area contributed by atoms with Gasteiger partial charge in [0.2, 0.25) is 5.91 Å². The Morgan fingerprint density at radius 1 is 1.04 bits per heavy atom. The zero-order valence-corrected chi connectivity index (χ0v) is 13.5. The molecule has 0 aliphatic carbocycles. The molecule has 1 fully saturated rings. The lowest BCUT2D eigenvalue weighted by Gasteiger charge is -2.26. The van der Waals surface area contributed by atoms with Crippen molar-refractivity contribution in [3.05, 3.63) is 70.8 Å². The Balaban J connectivity index is 1.70. The van der Waals surface area contributed by atoms with Crippen molar-refractivity contribution in [3.8, 4) is 11.8 Å². The van der Waals surface area contributed by atoms with E-state index in [0.717, 1.165) is 38.4 Å². The molecule has 1 saturated heterocycles. The maximum Gasteiger partial charge on any atom is 0.249 e. The summed E-state index contributed by atoms with van der Waals surface area (Å²) in [6.45, 7) is 4.50. The lowest BCUT2D eigenvalue weighted by Crippen LogP contribution is -2.35. The van der Waals surface area contributed by atoms with Crippen molar-refractivity contribution in [1.82, 2.24) is 4.90 Å². The number of nitrogens with zero attached hydrogens (tertiary/aromatic N) is 1. The minimum absolute atomic E-state index is 0.453. The third kappa shape index (κ3) is 4.23. The van der Waals surface area contributed by atoms with Gasteiger partial charge in [0.05, 0.1) is 18.8 Å². The predicted molar refractivity (Wildman–Crippen MR) is 93.5 cm³/mol. The van der Waals surface area contributed by atoms with Crippen LogP contribution in [0.2, 0.25) is 0 Å². The average Bonchev–Trinajstić information content (AvgIpc) is 2.62. The fourth-order valence-corrected chi connectivity index (χ4v) is 2.66. The normalized spacial score (nSPS) is 14.7. The number of carbonyl (C=O) groups is 1. The first-order chi connectivity index (χ1) is 11.7. The quantitative estimate of drug-likeness (QED) is 0.880. The second kappa shape index (κ2) is 7.78. The van der Waals surface area contributed by atoms with Gasteiger partial charge < -0.3 is 10.5 Å². The fraction of sp³-hybridized carbons (Fsp3) is 0.250. The van der Waals surface area contributed by atoms with E-state index in [1.807, 2.05) is 18.2 Å². The Bertz CT molecular complexity index is 766. The van der Waals surface area contributed by atoms with Gasteiger partial charge in [0, 0.05) is 30.8 Å². The van der Waals surface area contributed by atoms with E-state index in [2.05, 4.69) is 28.9 Å². The molecule has 0 bridgehead atoms. The summed E-state index contributed by atoms with van der Waals surface area (Å²) in [6.07, 6.45) is 0. The second-order valence-electron chi connectivity index (χ2n) is 5.75. The molecule has 1 aliphatic rings. The van der Waals surface area contributed by atoms with Crippen LogP contribution in [0.3, 0.4) is 0 Å². The molecule has 1 aliphatic heterocycles. The molecule has 1 amide bonds. The Morgan fingerprint density at radius 2 is 1.75 bits per heavy atom. The molecule has 0 saturated carbocycles. The van der Waals surface area contributed by atoms with Gasteiger partial charge in [0.15, 0.2) is 0 Å². The first-order valence-electron chi connectivity index (χ1n) is 8.02. The molecule has 2 aromatic rings. The highest BCUT2D eigenvalue weighted by Gasteiger charge is 2.10. The maximum absolute atomic E-state index is 11.4. The van der Waals surface area contributed by atoms with E-state index in [1.165, 1.54) is 5.56 Å². The van der Waals surface area contributed by atoms with E-state index in [1.54, 1.807) is 18.2 Å². The summed E-state index contributed by atoms with van der Waals surface area (Å²) < 4.78 is 5.36. The second-order valence-corrected chi connectivity index (χ2v) is 5.75. The minimum atomic E-state index is -0.458. The van der Waals surface area contributed by atoms with E-state index < -0.39 is 5.91 Å². The van der Waals surface area contributed by atoms with Crippen LogP contribution in [0.15, 0.2) is 48.5 Å². The van der Waals surface area contributed by atoms with Crippen molar-refractivity contribution < 1.29 is 9.53 Å². The van der Waals surface area contributed by atoms with Gasteiger partial charge >= 0.3 is 0 Å². The van der Waals surface area contributed by atoms with E-state index >= 15 is 0 Å². The lowest BCUT2D eigenvalue weighted by molar-refractivity contribution is 0.0342. The van der Waals surface area contributed by atoms with Gasteiger partial charge in [-0.2, -0.15) is 0 Å². The van der Waals surface area contributed by atoms with Crippen molar-refractivity contribution in [1.29, 1.82) is 0 Å². The minimum Gasteiger partial charge on any atom is -0.379 e. The molecule has 4 heteroatoms. The monoisotopic (exact) mass is 320 g/mol. The Labute approximate surface area is 142 Å². The van der Waals surface area contributed by atoms with E-state index in [4.69, 9.17) is 10.5 Å². The van der Waals surface area contributed by atoms with Crippen LogP contribution in [0.25, 0.3) is 0 Å². The van der Waals surface area contributed by atoms with Crippen molar-refractivity contribution in [2.24, 2.45) is 5.73 Å². The fourth-order valence-electron chi connectivity index (χ4n) is 2.66. The number of nitrogens with two attached hydrogens (primary N) is 1. The number of primary amides is 1. The summed E-state index contributed by atoms with van der Waals surface area (Å²) in [6, 6.07) is 15.3. The van der Waals surface area contributed by atoms with Gasteiger partial charge in [-0.15, -0.1) is 0 Å². The van der Waals surface area contributed by atoms with Crippen LogP contribution in [0.4, 0.5) is 0 Å². The number of hydrogen-bond donors (Lipinski definition) is 1. The molecule has 122 valence electrons. The molecule has 2 N–H and O–H groups in total. The molecule has 4 nitrogen and oxygen atoms in total. The van der Waals surface area contributed by atoms with Crippen molar-refractivity contribution in [3.63, 3.8) is 0 Å². The first-order valence-corrected chi connectivity index (χ1v) is 8.02. The molecular weight excluding hydrogens is 300 g/mol. The van der Waals surface area contributed by atoms with E-state index in [-0.39, 0.29) is 0 Å². The first kappa shape index (κ1) is 16.3. The molecule has 0 radical (unpaired) electrons. The third-order valence-electron chi connectivity index (χ3n) is 4.00. The summed E-state index contributed by atoms with van der Waals surface area (Å²) in [5.41, 5.74) is 8.66. The zero-order valence-electron chi connectivity index (χ0n) is 13.5. The van der Waals surface area contributed by atoms with Gasteiger partial charge in [0.25, 0.3) is 0 Å². The van der Waals surface area contributed by atoms with Crippen LogP contribution in [-0.4, -0.2) is 37.1 Å². The number of rotatable bonds is 3. The summed E-state index contributed by atoms with van der Waals surface area (Å²) in [4.78, 5) is 13.8. The molecule has 2 aromatic carbocycles. The molecule has 0 atom stereocenters. The van der Waals surface area contributed by atoms with Gasteiger partial charge in [-0.25, -0.2) is 0 Å². The van der Waals surface area contributed by atoms with Gasteiger partial charge in [-0.1, -0.05) is 36.1 Å². The largest absolute Gasteiger partial charge is 0.379 e. The number of hydrogen-bond acceptors (Lipinski definition) is 3. The molecule has 0 spiro atoms. The average molecular weight is 320 g/mol. The Kier molecular flexibility index (Phi) is 5.27. The standard InChI is InChI=1S/C20H20N2O2/c21-20(23)19-4-2-1-3-18(19)10-9-16-5-7-17(8-6-16)15-22-11-13-24-14-12-22/h1-8H,11-15H2,(H2,21,23). The summed E-state index contributed by atoms with van der Waals surface area (Å²) in [5.74, 6) is 5.67. The van der Waals surface area contributed by atoms with Crippen molar-refractivity contribution in [2.45, 2.75) is 6.54 Å². The topological polar surface area (TPSA) is 55.6 Å². The summed E-state index contributed by atoms with van der Waals surface area (Å²) >= 11 is 0. The molecule has 3 rings (SSSR count). The van der Waals surface area contributed by atoms with Crippen LogP contribution in [0.5, 0.6) is 0 Å². The van der Waals surface area contributed by atoms with E-state index in [0.29, 0.717) is 11.1 Å². The molecule has 1 heterocycles. The molecular formula is C20H20N2O2. The van der Waals surface area contributed by atoms with Gasteiger partial charge in [0.1, 0.15) is 0 Å². The zero-order chi connectivity index (χ0) is 16.8. The number of benzene rings is 2. The Hall–Kier alpha value is -2.61. The van der Waals surface area contributed by atoms with Crippen molar-refractivity contribution >= 4 is 5.91 Å². The summed E-state index contributed by atoms with van der Waals surface area (Å²) in [7, 11) is 0. The lowest BCUT2D eigenvalue weighted by atomic mass is 10.1. The van der Waals surface area contributed by atoms with Crippen LogP contribution in [-0.2, 0) is 11.3 Å². The predicted octanol–water partition coefficient (Wildman–Crippen LogP) is 2.02. The highest BCUT2D eigenvalue weighted by atomic mass is 16.5. The highest BCUT2D eigenvalue weighted by Crippen LogP contribution is 2.10. The van der Waals surface area contributed by atoms with Crippen molar-refractivity contribution in [2.75, 3.05) is 26.3 Å². The maximum atomic E-state index is 11.4. The third-order valence-corrected chi connectivity index (χ3v) is 4.00. The van der Waals surface area contributed by atoms with Crippen LogP contribution in [0, 0.1) is 11.8 Å².